The third-order valence-corrected chi connectivity index (χ3v) is 8.78. The van der Waals surface area contributed by atoms with E-state index in [1.807, 2.05) is 0 Å². The molecule has 7 unspecified atom stereocenters. The summed E-state index contributed by atoms with van der Waals surface area (Å²) in [6.07, 6.45) is 5.36. The molecule has 1 heterocycles. The first-order valence-corrected chi connectivity index (χ1v) is 18.0. The molecule has 1 rings (SSSR count). The van der Waals surface area contributed by atoms with Gasteiger partial charge in [0.15, 0.2) is 6.29 Å². The highest BCUT2D eigenvalue weighted by Crippen LogP contribution is 2.24. The first-order chi connectivity index (χ1) is 22.9. The zero-order valence-corrected chi connectivity index (χ0v) is 29.4. The maximum Gasteiger partial charge on any atom is 0.305 e. The van der Waals surface area contributed by atoms with Gasteiger partial charge in [0.25, 0.3) is 0 Å². The van der Waals surface area contributed by atoms with Crippen LogP contribution >= 0.6 is 0 Å². The van der Waals surface area contributed by atoms with Gasteiger partial charge in [0.05, 0.1) is 25.4 Å². The third kappa shape index (κ3) is 18.1. The lowest BCUT2D eigenvalue weighted by Crippen LogP contribution is -2.60. The molecule has 0 amide bonds. The summed E-state index contributed by atoms with van der Waals surface area (Å²) in [6, 6.07) is 0. The summed E-state index contributed by atoms with van der Waals surface area (Å²) < 4.78 is 21.5. The van der Waals surface area contributed by atoms with E-state index in [-0.39, 0.29) is 13.0 Å². The number of unbranched alkanes of at least 4 members (excludes halogenated alkanes) is 11. The van der Waals surface area contributed by atoms with Crippen LogP contribution in [0.2, 0.25) is 0 Å². The maximum absolute atomic E-state index is 12.1. The van der Waals surface area contributed by atoms with Crippen LogP contribution in [0.3, 0.4) is 0 Å². The fourth-order valence-corrected chi connectivity index (χ4v) is 5.32. The normalized spacial score (nSPS) is 25.4. The van der Waals surface area contributed by atoms with Gasteiger partial charge in [-0.2, -0.15) is 0 Å². The largest absolute Gasteiger partial charge is 0.463 e. The Hall–Kier alpha value is -1.23. The van der Waals surface area contributed by atoms with Gasteiger partial charge in [0.2, 0.25) is 0 Å². The van der Waals surface area contributed by atoms with Crippen molar-refractivity contribution in [3.05, 3.63) is 12.2 Å². The summed E-state index contributed by atoms with van der Waals surface area (Å²) in [7, 11) is 0. The van der Waals surface area contributed by atoms with Crippen LogP contribution in [0.15, 0.2) is 12.2 Å². The van der Waals surface area contributed by atoms with Crippen molar-refractivity contribution in [2.45, 2.75) is 172 Å². The Morgan fingerprint density at radius 2 is 1.33 bits per heavy atom. The van der Waals surface area contributed by atoms with E-state index in [1.54, 1.807) is 0 Å². The second-order valence-corrected chi connectivity index (χ2v) is 13.2. The maximum atomic E-state index is 12.1. The van der Waals surface area contributed by atoms with Gasteiger partial charge in [-0.15, -0.1) is 0 Å². The van der Waals surface area contributed by atoms with E-state index in [0.29, 0.717) is 6.42 Å². The van der Waals surface area contributed by atoms with Crippen LogP contribution in [-0.4, -0.2) is 134 Å². The van der Waals surface area contributed by atoms with Crippen molar-refractivity contribution in [3.8, 4) is 0 Å². The molecule has 8 N–H and O–H groups in total. The minimum absolute atomic E-state index is 0.242. The number of carbonyl (C=O) groups excluding carboxylic acids is 1. The van der Waals surface area contributed by atoms with Crippen molar-refractivity contribution in [2.75, 3.05) is 26.4 Å². The molecule has 0 spiro atoms. The average molecular weight is 695 g/mol. The Kier molecular flexibility index (Phi) is 24.8. The molecule has 13 nitrogen and oxygen atoms in total. The molecule has 1 aliphatic heterocycles. The number of hydrogen-bond acceptors (Lipinski definition) is 13. The molecule has 0 saturated carbocycles. The van der Waals surface area contributed by atoms with E-state index in [1.165, 1.54) is 52.4 Å². The van der Waals surface area contributed by atoms with E-state index in [0.717, 1.165) is 38.5 Å². The zero-order valence-electron chi connectivity index (χ0n) is 29.4. The molecule has 11 atom stereocenters. The van der Waals surface area contributed by atoms with Gasteiger partial charge in [0, 0.05) is 18.9 Å². The van der Waals surface area contributed by atoms with Gasteiger partial charge >= 0.3 is 5.97 Å². The van der Waals surface area contributed by atoms with E-state index in [2.05, 4.69) is 19.1 Å². The Bertz CT molecular complexity index is 830. The summed E-state index contributed by atoms with van der Waals surface area (Å²) in [5.41, 5.74) is 0. The lowest BCUT2D eigenvalue weighted by Gasteiger charge is -2.41. The summed E-state index contributed by atoms with van der Waals surface area (Å²) in [5.74, 6) is -1.13. The van der Waals surface area contributed by atoms with Gasteiger partial charge in [-0.3, -0.25) is 4.79 Å². The zero-order chi connectivity index (χ0) is 35.9. The molecule has 0 aromatic heterocycles. The fraction of sp³-hybridized carbons (Fsp3) is 0.914. The van der Waals surface area contributed by atoms with Crippen LogP contribution < -0.4 is 0 Å². The van der Waals surface area contributed by atoms with E-state index in [9.17, 15) is 40.5 Å². The Morgan fingerprint density at radius 3 is 1.94 bits per heavy atom. The Balaban J connectivity index is 2.25. The highest BCUT2D eigenvalue weighted by atomic mass is 16.7. The van der Waals surface area contributed by atoms with Gasteiger partial charge in [-0.1, -0.05) is 77.4 Å². The highest BCUT2D eigenvalue weighted by molar-refractivity contribution is 5.69. The molecule has 0 aromatic carbocycles. The van der Waals surface area contributed by atoms with Crippen molar-refractivity contribution in [2.24, 2.45) is 5.92 Å². The predicted octanol–water partition coefficient (Wildman–Crippen LogP) is 1.87. The minimum atomic E-state index is -1.68. The first kappa shape index (κ1) is 44.8. The lowest BCUT2D eigenvalue weighted by atomic mass is 9.95. The van der Waals surface area contributed by atoms with Gasteiger partial charge in [-0.25, -0.2) is 0 Å². The molecule has 1 fully saturated rings. The number of hydrogen-bond donors (Lipinski definition) is 8. The topological polar surface area (TPSA) is 216 Å². The van der Waals surface area contributed by atoms with Crippen LogP contribution in [0, 0.1) is 5.92 Å². The van der Waals surface area contributed by atoms with Crippen molar-refractivity contribution in [1.29, 1.82) is 0 Å². The molecule has 1 saturated heterocycles. The van der Waals surface area contributed by atoms with Gasteiger partial charge in [0.1, 0.15) is 49.3 Å². The number of ether oxygens (including phenoxy) is 4. The van der Waals surface area contributed by atoms with Crippen molar-refractivity contribution >= 4 is 5.97 Å². The second kappa shape index (κ2) is 26.6. The Morgan fingerprint density at radius 1 is 0.750 bits per heavy atom. The monoisotopic (exact) mass is 694 g/mol. The van der Waals surface area contributed by atoms with Crippen LogP contribution in [0.1, 0.15) is 111 Å². The van der Waals surface area contributed by atoms with Crippen molar-refractivity contribution in [3.63, 3.8) is 0 Å². The average Bonchev–Trinajstić information content (AvgIpc) is 3.08. The van der Waals surface area contributed by atoms with Crippen LogP contribution in [-0.2, 0) is 23.7 Å². The molecule has 0 aromatic rings. The molecule has 48 heavy (non-hydrogen) atoms. The van der Waals surface area contributed by atoms with Crippen LogP contribution in [0.4, 0.5) is 0 Å². The number of rotatable bonds is 28. The molecule has 0 radical (unpaired) electrons. The summed E-state index contributed by atoms with van der Waals surface area (Å²) in [6.45, 7) is 3.61. The molecule has 284 valence electrons. The number of allylic oxidation sites excluding steroid dienone is 2. The standard InChI is InChI=1S/C35H66O13/c1-4-5-6-7-8-9-10-11-12-13-14-15-16-17-18-19-28(38)46-21-26(37)22-47-35-34(44)33(43)31(41)27(48-35)23-45-25(3)30(40)32(42)29(39)24(2)20-36/h11-12,24-27,29-37,39-44H,4-10,13-23H2,1-3H3/b12-11-/t24?,25?,26?,27?,29-,30+,31-,32?,33?,34-,35?/m1/s1. The molecule has 13 heteroatoms. The molecule has 0 bridgehead atoms. The number of aliphatic hydroxyl groups excluding tert-OH is 8. The van der Waals surface area contributed by atoms with Gasteiger partial charge < -0.3 is 59.8 Å². The molecule has 0 aliphatic carbocycles. The SMILES string of the molecule is CCCCCCCC/C=C\CCCCCCCC(=O)OCC(O)COC1OC(COC(C)[C@H](O)C(O)[C@H](O)C(C)CO)[C@@H](O)C(O)[C@H]1O. The molecule has 1 aliphatic rings. The molecular weight excluding hydrogens is 628 g/mol. The first-order valence-electron chi connectivity index (χ1n) is 18.0. The molecular formula is C35H66O13. The van der Waals surface area contributed by atoms with Crippen LogP contribution in [0.25, 0.3) is 0 Å². The minimum Gasteiger partial charge on any atom is -0.463 e. The smallest absolute Gasteiger partial charge is 0.305 e. The number of aliphatic hydroxyl groups is 8. The van der Waals surface area contributed by atoms with Gasteiger partial charge in [-0.05, 0) is 39.0 Å². The lowest BCUT2D eigenvalue weighted by molar-refractivity contribution is -0.309. The predicted molar refractivity (Wildman–Crippen MR) is 179 cm³/mol. The fourth-order valence-electron chi connectivity index (χ4n) is 5.32. The third-order valence-electron chi connectivity index (χ3n) is 8.78. The summed E-state index contributed by atoms with van der Waals surface area (Å²) in [5, 5.41) is 80.9. The van der Waals surface area contributed by atoms with E-state index in [4.69, 9.17) is 24.1 Å². The van der Waals surface area contributed by atoms with E-state index >= 15 is 0 Å². The summed E-state index contributed by atoms with van der Waals surface area (Å²) >= 11 is 0. The quantitative estimate of drug-likeness (QED) is 0.0334. The second-order valence-electron chi connectivity index (χ2n) is 13.2. The van der Waals surface area contributed by atoms with Crippen molar-refractivity contribution < 1.29 is 64.6 Å². The number of carbonyl (C=O) groups is 1. The van der Waals surface area contributed by atoms with Crippen molar-refractivity contribution in [1.82, 2.24) is 0 Å². The summed E-state index contributed by atoms with van der Waals surface area (Å²) in [4.78, 5) is 12.1. The number of esters is 1. The highest BCUT2D eigenvalue weighted by Gasteiger charge is 2.45. The Labute approximate surface area is 286 Å². The van der Waals surface area contributed by atoms with Crippen LogP contribution in [0.5, 0.6) is 0 Å². The van der Waals surface area contributed by atoms with E-state index < -0.39 is 92.9 Å².